The molecule has 3 rings (SSSR count). The number of fused-ring (bicyclic) bond motifs is 1. The van der Waals surface area contributed by atoms with Crippen molar-refractivity contribution in [2.75, 3.05) is 11.9 Å². The van der Waals surface area contributed by atoms with Crippen molar-refractivity contribution >= 4 is 17.5 Å². The number of carbonyl (C=O) groups is 2. The molecule has 5 nitrogen and oxygen atoms in total. The molecule has 1 atom stereocenters. The smallest absolute Gasteiger partial charge is 0.262 e. The zero-order valence-corrected chi connectivity index (χ0v) is 13.5. The molecular weight excluding hydrogens is 304 g/mol. The van der Waals surface area contributed by atoms with Gasteiger partial charge in [-0.3, -0.25) is 9.59 Å². The molecule has 1 heterocycles. The van der Waals surface area contributed by atoms with Gasteiger partial charge in [0.15, 0.2) is 6.61 Å². The van der Waals surface area contributed by atoms with Gasteiger partial charge in [-0.15, -0.1) is 0 Å². The van der Waals surface area contributed by atoms with E-state index in [1.807, 2.05) is 55.5 Å². The minimum Gasteiger partial charge on any atom is -0.482 e. The second-order valence-corrected chi connectivity index (χ2v) is 5.87. The van der Waals surface area contributed by atoms with Crippen LogP contribution < -0.4 is 15.4 Å². The average molecular weight is 324 g/mol. The van der Waals surface area contributed by atoms with Crippen molar-refractivity contribution in [3.05, 3.63) is 59.7 Å². The summed E-state index contributed by atoms with van der Waals surface area (Å²) in [5, 5.41) is 5.77. The lowest BCUT2D eigenvalue weighted by atomic mass is 10.1. The van der Waals surface area contributed by atoms with E-state index in [0.717, 1.165) is 11.1 Å². The highest BCUT2D eigenvalue weighted by Crippen LogP contribution is 2.30. The molecule has 5 heteroatoms. The number of hydrogen-bond donors (Lipinski definition) is 2. The topological polar surface area (TPSA) is 67.4 Å². The Morgan fingerprint density at radius 1 is 1.25 bits per heavy atom. The van der Waals surface area contributed by atoms with Crippen LogP contribution in [-0.2, 0) is 16.0 Å². The largest absolute Gasteiger partial charge is 0.482 e. The Balaban J connectivity index is 1.58. The highest BCUT2D eigenvalue weighted by atomic mass is 16.5. The van der Waals surface area contributed by atoms with Crippen LogP contribution in [0.3, 0.4) is 0 Å². The van der Waals surface area contributed by atoms with Gasteiger partial charge in [0.25, 0.3) is 5.91 Å². The lowest BCUT2D eigenvalue weighted by Crippen LogP contribution is -2.28. The highest BCUT2D eigenvalue weighted by molar-refractivity contribution is 5.95. The first-order chi connectivity index (χ1) is 11.6. The van der Waals surface area contributed by atoms with Gasteiger partial charge in [0.1, 0.15) is 5.75 Å². The van der Waals surface area contributed by atoms with Crippen molar-refractivity contribution in [2.24, 2.45) is 0 Å². The van der Waals surface area contributed by atoms with E-state index >= 15 is 0 Å². The van der Waals surface area contributed by atoms with E-state index in [1.165, 1.54) is 0 Å². The maximum atomic E-state index is 12.1. The Morgan fingerprint density at radius 3 is 2.83 bits per heavy atom. The fraction of sp³-hybridized carbons (Fsp3) is 0.263. The van der Waals surface area contributed by atoms with Gasteiger partial charge in [-0.25, -0.2) is 0 Å². The molecule has 0 saturated carbocycles. The lowest BCUT2D eigenvalue weighted by molar-refractivity contribution is -0.121. The van der Waals surface area contributed by atoms with E-state index in [9.17, 15) is 9.59 Å². The predicted octanol–water partition coefficient (Wildman–Crippen LogP) is 2.83. The molecule has 0 aromatic heterocycles. The number of carbonyl (C=O) groups excluding carboxylic acids is 2. The maximum Gasteiger partial charge on any atom is 0.262 e. The SMILES string of the molecule is CC(NC(=O)CCc1ccccc1)c1ccc2c(c1)NC(=O)CO2. The monoisotopic (exact) mass is 324 g/mol. The van der Waals surface area contributed by atoms with Crippen LogP contribution in [0.5, 0.6) is 5.75 Å². The van der Waals surface area contributed by atoms with Gasteiger partial charge in [-0.05, 0) is 36.6 Å². The molecule has 2 N–H and O–H groups in total. The van der Waals surface area contributed by atoms with Crippen LogP contribution in [0.1, 0.15) is 30.5 Å². The standard InChI is InChI=1S/C19H20N2O3/c1-13(20-18(22)10-7-14-5-3-2-4-6-14)15-8-9-17-16(11-15)21-19(23)12-24-17/h2-6,8-9,11,13H,7,10,12H2,1H3,(H,20,22)(H,21,23). The van der Waals surface area contributed by atoms with Gasteiger partial charge >= 0.3 is 0 Å². The number of rotatable bonds is 5. The van der Waals surface area contributed by atoms with Crippen molar-refractivity contribution in [2.45, 2.75) is 25.8 Å². The van der Waals surface area contributed by atoms with Crippen LogP contribution in [0.2, 0.25) is 0 Å². The van der Waals surface area contributed by atoms with Gasteiger partial charge in [0.05, 0.1) is 11.7 Å². The van der Waals surface area contributed by atoms with E-state index in [4.69, 9.17) is 4.74 Å². The average Bonchev–Trinajstić information content (AvgIpc) is 2.60. The molecule has 1 unspecified atom stereocenters. The quantitative estimate of drug-likeness (QED) is 0.889. The normalized spacial score (nSPS) is 14.1. The molecule has 0 spiro atoms. The number of nitrogens with one attached hydrogen (secondary N) is 2. The van der Waals surface area contributed by atoms with Crippen LogP contribution in [0, 0.1) is 0 Å². The first-order valence-electron chi connectivity index (χ1n) is 8.02. The molecule has 2 aromatic rings. The summed E-state index contributed by atoms with van der Waals surface area (Å²) >= 11 is 0. The number of hydrogen-bond acceptors (Lipinski definition) is 3. The molecule has 0 bridgehead atoms. The van der Waals surface area contributed by atoms with Gasteiger partial charge in [-0.1, -0.05) is 36.4 Å². The van der Waals surface area contributed by atoms with Crippen molar-refractivity contribution in [3.8, 4) is 5.75 Å². The van der Waals surface area contributed by atoms with Crippen LogP contribution in [-0.4, -0.2) is 18.4 Å². The second kappa shape index (κ2) is 7.17. The number of amides is 2. The molecule has 24 heavy (non-hydrogen) atoms. The zero-order chi connectivity index (χ0) is 16.9. The second-order valence-electron chi connectivity index (χ2n) is 5.87. The van der Waals surface area contributed by atoms with E-state index in [-0.39, 0.29) is 24.5 Å². The maximum absolute atomic E-state index is 12.1. The fourth-order valence-electron chi connectivity index (χ4n) is 2.67. The van der Waals surface area contributed by atoms with Gasteiger partial charge in [-0.2, -0.15) is 0 Å². The van der Waals surface area contributed by atoms with Crippen LogP contribution >= 0.6 is 0 Å². The number of ether oxygens (including phenoxy) is 1. The Morgan fingerprint density at radius 2 is 2.04 bits per heavy atom. The fourth-order valence-corrected chi connectivity index (χ4v) is 2.67. The lowest BCUT2D eigenvalue weighted by Gasteiger charge is -2.21. The molecule has 0 saturated heterocycles. The molecule has 0 radical (unpaired) electrons. The first kappa shape index (κ1) is 16.1. The summed E-state index contributed by atoms with van der Waals surface area (Å²) in [5.41, 5.74) is 2.72. The van der Waals surface area contributed by atoms with E-state index < -0.39 is 0 Å². The summed E-state index contributed by atoms with van der Waals surface area (Å²) in [7, 11) is 0. The molecule has 2 amide bonds. The minimum absolute atomic E-state index is 0.00404. The molecular formula is C19H20N2O3. The Kier molecular flexibility index (Phi) is 4.79. The zero-order valence-electron chi connectivity index (χ0n) is 13.5. The number of aryl methyl sites for hydroxylation is 1. The highest BCUT2D eigenvalue weighted by Gasteiger charge is 2.18. The summed E-state index contributed by atoms with van der Waals surface area (Å²) in [5.74, 6) is 0.490. The first-order valence-corrected chi connectivity index (χ1v) is 8.02. The molecule has 0 aliphatic carbocycles. The van der Waals surface area contributed by atoms with Gasteiger partial charge < -0.3 is 15.4 Å². The Labute approximate surface area is 141 Å². The summed E-state index contributed by atoms with van der Waals surface area (Å²) in [6.07, 6.45) is 1.16. The summed E-state index contributed by atoms with van der Waals surface area (Å²) < 4.78 is 5.34. The molecule has 124 valence electrons. The van der Waals surface area contributed by atoms with Crippen LogP contribution in [0.15, 0.2) is 48.5 Å². The Hall–Kier alpha value is -2.82. The third-order valence-corrected chi connectivity index (χ3v) is 4.00. The number of benzene rings is 2. The van der Waals surface area contributed by atoms with Crippen molar-refractivity contribution in [3.63, 3.8) is 0 Å². The summed E-state index contributed by atoms with van der Waals surface area (Å²) in [6.45, 7) is 1.96. The molecule has 0 fully saturated rings. The van der Waals surface area contributed by atoms with Gasteiger partial charge in [0.2, 0.25) is 5.91 Å². The third-order valence-electron chi connectivity index (χ3n) is 4.00. The van der Waals surface area contributed by atoms with Crippen molar-refractivity contribution in [1.29, 1.82) is 0 Å². The summed E-state index contributed by atoms with van der Waals surface area (Å²) in [4.78, 5) is 23.5. The predicted molar refractivity (Wildman–Crippen MR) is 91.9 cm³/mol. The third kappa shape index (κ3) is 3.93. The van der Waals surface area contributed by atoms with Gasteiger partial charge in [0, 0.05) is 6.42 Å². The van der Waals surface area contributed by atoms with Crippen molar-refractivity contribution in [1.82, 2.24) is 5.32 Å². The molecule has 1 aliphatic rings. The number of anilines is 1. The van der Waals surface area contributed by atoms with Crippen LogP contribution in [0.4, 0.5) is 5.69 Å². The van der Waals surface area contributed by atoms with E-state index in [2.05, 4.69) is 10.6 Å². The van der Waals surface area contributed by atoms with Crippen molar-refractivity contribution < 1.29 is 14.3 Å². The summed E-state index contributed by atoms with van der Waals surface area (Å²) in [6, 6.07) is 15.4. The van der Waals surface area contributed by atoms with E-state index in [1.54, 1.807) is 0 Å². The van der Waals surface area contributed by atoms with E-state index in [0.29, 0.717) is 24.3 Å². The molecule has 1 aliphatic heterocycles. The Bertz CT molecular complexity index is 744. The molecule has 2 aromatic carbocycles. The minimum atomic E-state index is -0.167. The van der Waals surface area contributed by atoms with Crippen LogP contribution in [0.25, 0.3) is 0 Å².